The number of allylic oxidation sites excluding steroid dienone is 3. The zero-order valence-corrected chi connectivity index (χ0v) is 17.7. The highest BCUT2D eigenvalue weighted by Crippen LogP contribution is 2.32. The van der Waals surface area contributed by atoms with Crippen molar-refractivity contribution in [2.24, 2.45) is 0 Å². The SMILES string of the molecule is CC=C/C(=C\c1cc(C)[nH]c1C)c1cccnc1-c1cccc(-c2ccccc2)c1. The van der Waals surface area contributed by atoms with Crippen molar-refractivity contribution in [3.63, 3.8) is 0 Å². The van der Waals surface area contributed by atoms with E-state index in [9.17, 15) is 0 Å². The number of pyridine rings is 1. The quantitative estimate of drug-likeness (QED) is 0.352. The highest BCUT2D eigenvalue weighted by atomic mass is 14.7. The average molecular weight is 391 g/mol. The summed E-state index contributed by atoms with van der Waals surface area (Å²) in [5.41, 5.74) is 10.3. The third-order valence-electron chi connectivity index (χ3n) is 5.21. The van der Waals surface area contributed by atoms with E-state index >= 15 is 0 Å². The third kappa shape index (κ3) is 4.18. The highest BCUT2D eigenvalue weighted by molar-refractivity contribution is 5.93. The van der Waals surface area contributed by atoms with Crippen LogP contribution in [0.4, 0.5) is 0 Å². The molecule has 4 rings (SSSR count). The molecule has 0 unspecified atom stereocenters. The van der Waals surface area contributed by atoms with E-state index < -0.39 is 0 Å². The summed E-state index contributed by atoms with van der Waals surface area (Å²) in [6.07, 6.45) is 8.34. The largest absolute Gasteiger partial charge is 0.362 e. The van der Waals surface area contributed by atoms with Crippen molar-refractivity contribution in [3.8, 4) is 22.4 Å². The van der Waals surface area contributed by atoms with Crippen LogP contribution in [0, 0.1) is 13.8 Å². The summed E-state index contributed by atoms with van der Waals surface area (Å²) in [6.45, 7) is 6.25. The first-order chi connectivity index (χ1) is 14.7. The fraction of sp³-hybridized carbons (Fsp3) is 0.107. The molecule has 2 heteroatoms. The van der Waals surface area contributed by atoms with Gasteiger partial charge in [-0.3, -0.25) is 4.98 Å². The molecule has 0 aliphatic carbocycles. The zero-order valence-electron chi connectivity index (χ0n) is 17.7. The Hall–Kier alpha value is -3.65. The predicted octanol–water partition coefficient (Wildman–Crippen LogP) is 7.48. The summed E-state index contributed by atoms with van der Waals surface area (Å²) >= 11 is 0. The number of aryl methyl sites for hydroxylation is 2. The van der Waals surface area contributed by atoms with Gasteiger partial charge < -0.3 is 4.98 Å². The van der Waals surface area contributed by atoms with Crippen LogP contribution < -0.4 is 0 Å². The number of hydrogen-bond donors (Lipinski definition) is 1. The molecule has 0 radical (unpaired) electrons. The third-order valence-corrected chi connectivity index (χ3v) is 5.21. The number of nitrogens with zero attached hydrogens (tertiary/aromatic N) is 1. The van der Waals surface area contributed by atoms with Gasteiger partial charge in [0.05, 0.1) is 5.69 Å². The normalized spacial score (nSPS) is 11.9. The molecule has 148 valence electrons. The Morgan fingerprint density at radius 3 is 2.33 bits per heavy atom. The molecular formula is C28H26N2. The first-order valence-electron chi connectivity index (χ1n) is 10.3. The van der Waals surface area contributed by atoms with Crippen molar-refractivity contribution in [2.45, 2.75) is 20.8 Å². The molecule has 0 atom stereocenters. The van der Waals surface area contributed by atoms with Crippen LogP contribution in [0.2, 0.25) is 0 Å². The lowest BCUT2D eigenvalue weighted by molar-refractivity contribution is 1.19. The van der Waals surface area contributed by atoms with Gasteiger partial charge in [-0.15, -0.1) is 0 Å². The minimum Gasteiger partial charge on any atom is -0.362 e. The van der Waals surface area contributed by atoms with E-state index in [1.807, 2.05) is 18.3 Å². The van der Waals surface area contributed by atoms with Gasteiger partial charge in [-0.2, -0.15) is 0 Å². The van der Waals surface area contributed by atoms with Crippen LogP contribution in [0.15, 0.2) is 91.1 Å². The van der Waals surface area contributed by atoms with Gasteiger partial charge in [-0.1, -0.05) is 66.7 Å². The van der Waals surface area contributed by atoms with Crippen molar-refractivity contribution in [1.29, 1.82) is 0 Å². The van der Waals surface area contributed by atoms with Crippen LogP contribution >= 0.6 is 0 Å². The molecule has 2 aromatic carbocycles. The Kier molecular flexibility index (Phi) is 5.76. The van der Waals surface area contributed by atoms with Crippen molar-refractivity contribution in [2.75, 3.05) is 0 Å². The molecule has 0 saturated carbocycles. The Labute approximate surface area is 178 Å². The lowest BCUT2D eigenvalue weighted by atomic mass is 9.95. The number of hydrogen-bond acceptors (Lipinski definition) is 1. The molecule has 0 bridgehead atoms. The molecule has 30 heavy (non-hydrogen) atoms. The van der Waals surface area contributed by atoms with Gasteiger partial charge in [-0.25, -0.2) is 0 Å². The number of aromatic nitrogens is 2. The first kappa shape index (κ1) is 19.7. The summed E-state index contributed by atoms with van der Waals surface area (Å²) in [7, 11) is 0. The summed E-state index contributed by atoms with van der Waals surface area (Å²) in [5.74, 6) is 0. The highest BCUT2D eigenvalue weighted by Gasteiger charge is 2.11. The van der Waals surface area contributed by atoms with Gasteiger partial charge in [0.15, 0.2) is 0 Å². The lowest BCUT2D eigenvalue weighted by Gasteiger charge is -2.12. The van der Waals surface area contributed by atoms with E-state index in [2.05, 4.69) is 105 Å². The van der Waals surface area contributed by atoms with Gasteiger partial charge in [0.1, 0.15) is 0 Å². The molecule has 2 nitrogen and oxygen atoms in total. The van der Waals surface area contributed by atoms with Gasteiger partial charge in [0.2, 0.25) is 0 Å². The second-order valence-electron chi connectivity index (χ2n) is 7.48. The Morgan fingerprint density at radius 2 is 1.60 bits per heavy atom. The lowest BCUT2D eigenvalue weighted by Crippen LogP contribution is -1.92. The topological polar surface area (TPSA) is 28.7 Å². The van der Waals surface area contributed by atoms with Crippen LogP contribution in [-0.2, 0) is 0 Å². The summed E-state index contributed by atoms with van der Waals surface area (Å²) in [4.78, 5) is 8.17. The standard InChI is InChI=1S/C28H26N2/c1-4-10-24(19-26-17-20(2)30-21(26)3)27-15-9-16-29-28(27)25-14-8-13-23(18-25)22-11-6-5-7-12-22/h4-19,30H,1-3H3/b10-4?,24-19+. The first-order valence-corrected chi connectivity index (χ1v) is 10.3. The van der Waals surface area contributed by atoms with Gasteiger partial charge >= 0.3 is 0 Å². The molecule has 2 aromatic heterocycles. The maximum Gasteiger partial charge on any atom is 0.0780 e. The Morgan fingerprint density at radius 1 is 0.833 bits per heavy atom. The fourth-order valence-electron chi connectivity index (χ4n) is 3.80. The van der Waals surface area contributed by atoms with E-state index in [1.54, 1.807) is 0 Å². The van der Waals surface area contributed by atoms with E-state index in [1.165, 1.54) is 28.1 Å². The second kappa shape index (κ2) is 8.79. The maximum atomic E-state index is 4.77. The van der Waals surface area contributed by atoms with Crippen LogP contribution in [0.25, 0.3) is 34.0 Å². The monoisotopic (exact) mass is 390 g/mol. The van der Waals surface area contributed by atoms with E-state index in [0.717, 1.165) is 22.4 Å². The van der Waals surface area contributed by atoms with Crippen LogP contribution in [0.5, 0.6) is 0 Å². The number of rotatable bonds is 5. The molecule has 0 aliphatic rings. The van der Waals surface area contributed by atoms with Crippen LogP contribution in [0.1, 0.15) is 29.4 Å². The second-order valence-corrected chi connectivity index (χ2v) is 7.48. The Bertz CT molecular complexity index is 1210. The molecule has 0 amide bonds. The van der Waals surface area contributed by atoms with Gasteiger partial charge in [-0.05, 0) is 67.3 Å². The molecule has 0 spiro atoms. The minimum atomic E-state index is 0.990. The minimum absolute atomic E-state index is 0.990. The predicted molar refractivity (Wildman–Crippen MR) is 128 cm³/mol. The maximum absolute atomic E-state index is 4.77. The Balaban J connectivity index is 1.83. The summed E-state index contributed by atoms with van der Waals surface area (Å²) < 4.78 is 0. The van der Waals surface area contributed by atoms with Crippen molar-refractivity contribution in [1.82, 2.24) is 9.97 Å². The molecule has 0 fully saturated rings. The van der Waals surface area contributed by atoms with Crippen molar-refractivity contribution >= 4 is 11.6 Å². The van der Waals surface area contributed by atoms with Crippen molar-refractivity contribution in [3.05, 3.63) is 114 Å². The summed E-state index contributed by atoms with van der Waals surface area (Å²) in [6, 6.07) is 25.4. The average Bonchev–Trinajstić information content (AvgIpc) is 3.10. The van der Waals surface area contributed by atoms with E-state index in [4.69, 9.17) is 4.98 Å². The van der Waals surface area contributed by atoms with Crippen molar-refractivity contribution < 1.29 is 0 Å². The fourth-order valence-corrected chi connectivity index (χ4v) is 3.80. The molecule has 1 N–H and O–H groups in total. The number of H-pyrrole nitrogens is 1. The van der Waals surface area contributed by atoms with Crippen LogP contribution in [0.3, 0.4) is 0 Å². The molecule has 2 heterocycles. The molecular weight excluding hydrogens is 364 g/mol. The molecule has 0 aliphatic heterocycles. The number of aromatic amines is 1. The van der Waals surface area contributed by atoms with Gasteiger partial charge in [0.25, 0.3) is 0 Å². The van der Waals surface area contributed by atoms with E-state index in [0.29, 0.717) is 0 Å². The van der Waals surface area contributed by atoms with Gasteiger partial charge in [0, 0.05) is 28.7 Å². The zero-order chi connectivity index (χ0) is 20.9. The van der Waals surface area contributed by atoms with E-state index in [-0.39, 0.29) is 0 Å². The van der Waals surface area contributed by atoms with Crippen LogP contribution in [-0.4, -0.2) is 9.97 Å². The number of nitrogens with one attached hydrogen (secondary N) is 1. The smallest absolute Gasteiger partial charge is 0.0780 e. The summed E-state index contributed by atoms with van der Waals surface area (Å²) in [5, 5.41) is 0. The molecule has 0 saturated heterocycles. The molecule has 4 aromatic rings. The number of benzene rings is 2.